The van der Waals surface area contributed by atoms with Crippen LogP contribution in [0.5, 0.6) is 0 Å². The molecular formula is C19H19N3OS. The van der Waals surface area contributed by atoms with Crippen molar-refractivity contribution in [2.24, 2.45) is 0 Å². The van der Waals surface area contributed by atoms with Crippen LogP contribution < -0.4 is 10.6 Å². The van der Waals surface area contributed by atoms with Crippen molar-refractivity contribution >= 4 is 38.8 Å². The molecule has 0 bridgehead atoms. The third kappa shape index (κ3) is 2.76. The number of nitrogen functional groups attached to an aromatic ring is 1. The molecule has 5 heteroatoms. The Morgan fingerprint density at radius 3 is 2.96 bits per heavy atom. The van der Waals surface area contributed by atoms with Gasteiger partial charge in [-0.2, -0.15) is 0 Å². The lowest BCUT2D eigenvalue weighted by Gasteiger charge is -2.30. The predicted octanol–water partition coefficient (Wildman–Crippen LogP) is 3.79. The van der Waals surface area contributed by atoms with E-state index in [1.54, 1.807) is 11.3 Å². The molecular weight excluding hydrogens is 318 g/mol. The highest BCUT2D eigenvalue weighted by Gasteiger charge is 2.23. The number of rotatable bonds is 3. The van der Waals surface area contributed by atoms with Gasteiger partial charge in [0.1, 0.15) is 0 Å². The molecule has 2 heterocycles. The molecule has 0 radical (unpaired) electrons. The van der Waals surface area contributed by atoms with Gasteiger partial charge in [-0.3, -0.25) is 4.79 Å². The van der Waals surface area contributed by atoms with Crippen LogP contribution in [0, 0.1) is 0 Å². The molecule has 2 N–H and O–H groups in total. The van der Waals surface area contributed by atoms with Gasteiger partial charge >= 0.3 is 0 Å². The highest BCUT2D eigenvalue weighted by atomic mass is 32.1. The van der Waals surface area contributed by atoms with Crippen molar-refractivity contribution < 1.29 is 4.79 Å². The second-order valence-electron chi connectivity index (χ2n) is 6.07. The van der Waals surface area contributed by atoms with E-state index in [-0.39, 0.29) is 5.91 Å². The first-order chi connectivity index (χ1) is 11.7. The second kappa shape index (κ2) is 6.24. The monoisotopic (exact) mass is 337 g/mol. The normalized spacial score (nSPS) is 13.9. The van der Waals surface area contributed by atoms with Crippen molar-refractivity contribution in [3.63, 3.8) is 0 Å². The Labute approximate surface area is 144 Å². The maximum absolute atomic E-state index is 12.7. The number of para-hydroxylation sites is 1. The van der Waals surface area contributed by atoms with Crippen LogP contribution in [0.3, 0.4) is 0 Å². The van der Waals surface area contributed by atoms with Crippen LogP contribution in [0.1, 0.15) is 23.4 Å². The fourth-order valence-corrected chi connectivity index (χ4v) is 4.25. The Balaban J connectivity index is 1.50. The molecule has 2 aromatic carbocycles. The van der Waals surface area contributed by atoms with Crippen molar-refractivity contribution in [3.05, 3.63) is 53.0 Å². The van der Waals surface area contributed by atoms with Gasteiger partial charge < -0.3 is 10.6 Å². The molecule has 1 aliphatic rings. The molecule has 0 aliphatic carbocycles. The van der Waals surface area contributed by atoms with Crippen LogP contribution in [0.4, 0.5) is 11.4 Å². The Hall–Kier alpha value is -2.40. The van der Waals surface area contributed by atoms with Gasteiger partial charge in [0.15, 0.2) is 0 Å². The summed E-state index contributed by atoms with van der Waals surface area (Å²) in [5.41, 5.74) is 9.96. The number of nitrogens with two attached hydrogens (primary N) is 1. The van der Waals surface area contributed by atoms with E-state index in [0.717, 1.165) is 46.8 Å². The number of carbonyl (C=O) groups excluding carboxylic acids is 1. The standard InChI is InChI=1S/C19H19N3OS/c20-14-6-3-8-16-13(14)5-4-12-22(16)19(23)11-10-18-21-15-7-1-2-9-17(15)24-18/h1-3,6-9H,4-5,10-12,20H2. The van der Waals surface area contributed by atoms with Crippen LogP contribution >= 0.6 is 11.3 Å². The van der Waals surface area contributed by atoms with Gasteiger partial charge in [0.2, 0.25) is 5.91 Å². The average molecular weight is 337 g/mol. The lowest BCUT2D eigenvalue weighted by Crippen LogP contribution is -2.35. The molecule has 3 aromatic rings. The zero-order valence-electron chi connectivity index (χ0n) is 13.4. The zero-order chi connectivity index (χ0) is 16.5. The van der Waals surface area contributed by atoms with Crippen molar-refractivity contribution in [1.29, 1.82) is 0 Å². The lowest BCUT2D eigenvalue weighted by atomic mass is 9.99. The van der Waals surface area contributed by atoms with Crippen molar-refractivity contribution in [2.75, 3.05) is 17.2 Å². The third-order valence-electron chi connectivity index (χ3n) is 4.48. The number of amides is 1. The van der Waals surface area contributed by atoms with Crippen LogP contribution in [-0.2, 0) is 17.6 Å². The molecule has 0 atom stereocenters. The smallest absolute Gasteiger partial charge is 0.227 e. The molecule has 4 nitrogen and oxygen atoms in total. The fraction of sp³-hybridized carbons (Fsp3) is 0.263. The van der Waals surface area contributed by atoms with Gasteiger partial charge in [0, 0.05) is 30.8 Å². The summed E-state index contributed by atoms with van der Waals surface area (Å²) in [6.07, 6.45) is 3.08. The minimum Gasteiger partial charge on any atom is -0.398 e. The number of benzene rings is 2. The van der Waals surface area contributed by atoms with E-state index in [2.05, 4.69) is 11.1 Å². The molecule has 1 aliphatic heterocycles. The predicted molar refractivity (Wildman–Crippen MR) is 99.5 cm³/mol. The van der Waals surface area contributed by atoms with Gasteiger partial charge in [-0.15, -0.1) is 11.3 Å². The van der Waals surface area contributed by atoms with E-state index in [1.807, 2.05) is 41.3 Å². The molecule has 1 aromatic heterocycles. The largest absolute Gasteiger partial charge is 0.398 e. The summed E-state index contributed by atoms with van der Waals surface area (Å²) in [5.74, 6) is 0.154. The first kappa shape index (κ1) is 15.1. The van der Waals surface area contributed by atoms with E-state index in [9.17, 15) is 4.79 Å². The van der Waals surface area contributed by atoms with Gasteiger partial charge in [0.25, 0.3) is 0 Å². The van der Waals surface area contributed by atoms with Gasteiger partial charge in [-0.05, 0) is 42.7 Å². The summed E-state index contributed by atoms with van der Waals surface area (Å²) in [6, 6.07) is 13.9. The van der Waals surface area contributed by atoms with Crippen LogP contribution in [0.2, 0.25) is 0 Å². The molecule has 4 rings (SSSR count). The van der Waals surface area contributed by atoms with Crippen LogP contribution in [0.25, 0.3) is 10.2 Å². The average Bonchev–Trinajstić information content (AvgIpc) is 3.02. The van der Waals surface area contributed by atoms with Crippen molar-refractivity contribution in [2.45, 2.75) is 25.7 Å². The number of hydrogen-bond donors (Lipinski definition) is 1. The summed E-state index contributed by atoms with van der Waals surface area (Å²) in [6.45, 7) is 0.773. The number of anilines is 2. The summed E-state index contributed by atoms with van der Waals surface area (Å²) < 4.78 is 1.18. The Morgan fingerprint density at radius 1 is 1.21 bits per heavy atom. The van der Waals surface area contributed by atoms with E-state index in [1.165, 1.54) is 4.70 Å². The minimum atomic E-state index is 0.154. The SMILES string of the molecule is Nc1cccc2c1CCCN2C(=O)CCc1nc2ccccc2s1. The first-order valence-electron chi connectivity index (χ1n) is 8.24. The van der Waals surface area contributed by atoms with Crippen LogP contribution in [-0.4, -0.2) is 17.4 Å². The maximum Gasteiger partial charge on any atom is 0.227 e. The summed E-state index contributed by atoms with van der Waals surface area (Å²) in [4.78, 5) is 19.2. The number of nitrogens with zero attached hydrogens (tertiary/aromatic N) is 2. The fourth-order valence-electron chi connectivity index (χ4n) is 3.29. The van der Waals surface area contributed by atoms with E-state index < -0.39 is 0 Å². The van der Waals surface area contributed by atoms with Crippen LogP contribution in [0.15, 0.2) is 42.5 Å². The Bertz CT molecular complexity index is 870. The summed E-state index contributed by atoms with van der Waals surface area (Å²) in [5, 5.41) is 1.02. The summed E-state index contributed by atoms with van der Waals surface area (Å²) in [7, 11) is 0. The number of carbonyl (C=O) groups is 1. The van der Waals surface area contributed by atoms with Crippen molar-refractivity contribution in [3.8, 4) is 0 Å². The minimum absolute atomic E-state index is 0.154. The molecule has 122 valence electrons. The lowest BCUT2D eigenvalue weighted by molar-refractivity contribution is -0.118. The maximum atomic E-state index is 12.7. The molecule has 0 saturated heterocycles. The zero-order valence-corrected chi connectivity index (χ0v) is 14.2. The number of fused-ring (bicyclic) bond motifs is 2. The van der Waals surface area contributed by atoms with E-state index >= 15 is 0 Å². The topological polar surface area (TPSA) is 59.2 Å². The first-order valence-corrected chi connectivity index (χ1v) is 9.06. The molecule has 24 heavy (non-hydrogen) atoms. The van der Waals surface area contributed by atoms with Gasteiger partial charge in [0.05, 0.1) is 15.2 Å². The Morgan fingerprint density at radius 2 is 2.08 bits per heavy atom. The highest BCUT2D eigenvalue weighted by Crippen LogP contribution is 2.32. The number of hydrogen-bond acceptors (Lipinski definition) is 4. The molecule has 1 amide bonds. The molecule has 0 saturated carbocycles. The molecule has 0 fully saturated rings. The van der Waals surface area contributed by atoms with Gasteiger partial charge in [-0.1, -0.05) is 18.2 Å². The number of thiazole rings is 1. The van der Waals surface area contributed by atoms with Crippen molar-refractivity contribution in [1.82, 2.24) is 4.98 Å². The van der Waals surface area contributed by atoms with E-state index in [0.29, 0.717) is 12.8 Å². The summed E-state index contributed by atoms with van der Waals surface area (Å²) >= 11 is 1.67. The third-order valence-corrected chi connectivity index (χ3v) is 5.57. The number of aromatic nitrogens is 1. The highest BCUT2D eigenvalue weighted by molar-refractivity contribution is 7.18. The Kier molecular flexibility index (Phi) is 3.94. The second-order valence-corrected chi connectivity index (χ2v) is 7.18. The van der Waals surface area contributed by atoms with Gasteiger partial charge in [-0.25, -0.2) is 4.98 Å². The number of aryl methyl sites for hydroxylation is 1. The molecule has 0 unspecified atom stereocenters. The molecule has 0 spiro atoms. The quantitative estimate of drug-likeness (QED) is 0.740. The van der Waals surface area contributed by atoms with E-state index in [4.69, 9.17) is 5.73 Å².